The molecule has 0 aliphatic heterocycles. The molecule has 61 heavy (non-hydrogen) atoms. The highest BCUT2D eigenvalue weighted by molar-refractivity contribution is 6.14. The summed E-state index contributed by atoms with van der Waals surface area (Å²) < 4.78 is 6.61. The second-order valence-corrected chi connectivity index (χ2v) is 16.3. The van der Waals surface area contributed by atoms with Crippen molar-refractivity contribution in [3.63, 3.8) is 0 Å². The standard InChI is InChI=1S/C58H40N2O/c1-37-14-9-11-21-54(37)60(55-22-13-20-49-48-19-10-12-23-57(48)61-58(49)55)47-29-27-41-33-51-50-32-40-26-28-46(30-43(40)34-52(50)53(51)35-44(41)31-47)59(45-17-7-4-8-18-45)56-36-42(25-24-38(56)2)39-15-5-3-6-16-39/h3-36H,1-2H3. The van der Waals surface area contributed by atoms with Crippen LogP contribution in [0.4, 0.5) is 34.1 Å². The van der Waals surface area contributed by atoms with Crippen molar-refractivity contribution in [2.24, 2.45) is 0 Å². The summed E-state index contributed by atoms with van der Waals surface area (Å²) in [6.07, 6.45) is 0. The number of anilines is 6. The van der Waals surface area contributed by atoms with E-state index < -0.39 is 0 Å². The van der Waals surface area contributed by atoms with Gasteiger partial charge in [-0.15, -0.1) is 0 Å². The molecule has 0 bridgehead atoms. The van der Waals surface area contributed by atoms with E-state index in [1.807, 2.05) is 6.07 Å². The number of furan rings is 1. The minimum Gasteiger partial charge on any atom is -0.454 e. The first kappa shape index (κ1) is 35.1. The molecule has 0 N–H and O–H groups in total. The Morgan fingerprint density at radius 3 is 1.59 bits per heavy atom. The van der Waals surface area contributed by atoms with Gasteiger partial charge in [-0.25, -0.2) is 0 Å². The van der Waals surface area contributed by atoms with E-state index in [0.717, 1.165) is 50.4 Å². The lowest BCUT2D eigenvalue weighted by atomic mass is 9.78. The maximum Gasteiger partial charge on any atom is 0.159 e. The van der Waals surface area contributed by atoms with Crippen LogP contribution in [0.2, 0.25) is 0 Å². The van der Waals surface area contributed by atoms with E-state index in [1.54, 1.807) is 0 Å². The van der Waals surface area contributed by atoms with Crippen LogP contribution in [0.1, 0.15) is 11.1 Å². The minimum absolute atomic E-state index is 0.884. The monoisotopic (exact) mass is 780 g/mol. The molecular formula is C58H40N2O. The lowest BCUT2D eigenvalue weighted by Gasteiger charge is -2.29. The van der Waals surface area contributed by atoms with Crippen molar-refractivity contribution in [3.05, 3.63) is 217 Å². The van der Waals surface area contributed by atoms with Gasteiger partial charge in [0, 0.05) is 39.2 Å². The van der Waals surface area contributed by atoms with Crippen LogP contribution in [0, 0.1) is 13.8 Å². The maximum absolute atomic E-state index is 6.61. The molecule has 0 amide bonds. The summed E-state index contributed by atoms with van der Waals surface area (Å²) >= 11 is 0. The molecule has 0 atom stereocenters. The number of aryl methyl sites for hydroxylation is 2. The van der Waals surface area contributed by atoms with Crippen molar-refractivity contribution >= 4 is 77.6 Å². The van der Waals surface area contributed by atoms with Crippen LogP contribution in [0.25, 0.3) is 76.9 Å². The van der Waals surface area contributed by atoms with Gasteiger partial charge in [-0.3, -0.25) is 0 Å². The van der Waals surface area contributed by atoms with Crippen molar-refractivity contribution in [1.29, 1.82) is 0 Å². The highest BCUT2D eigenvalue weighted by atomic mass is 16.3. The predicted octanol–water partition coefficient (Wildman–Crippen LogP) is 16.8. The highest BCUT2D eigenvalue weighted by Gasteiger charge is 2.26. The van der Waals surface area contributed by atoms with Crippen LogP contribution in [0.5, 0.6) is 0 Å². The number of nitrogens with zero attached hydrogens (tertiary/aromatic N) is 2. The van der Waals surface area contributed by atoms with Crippen molar-refractivity contribution < 1.29 is 4.42 Å². The maximum atomic E-state index is 6.61. The van der Waals surface area contributed by atoms with Crippen LogP contribution >= 0.6 is 0 Å². The first-order valence-corrected chi connectivity index (χ1v) is 21.0. The zero-order valence-corrected chi connectivity index (χ0v) is 33.9. The molecule has 1 aliphatic rings. The first-order valence-electron chi connectivity index (χ1n) is 21.0. The quantitative estimate of drug-likeness (QED) is 0.161. The predicted molar refractivity (Wildman–Crippen MR) is 257 cm³/mol. The van der Waals surface area contributed by atoms with Gasteiger partial charge in [0.1, 0.15) is 5.58 Å². The average molecular weight is 781 g/mol. The van der Waals surface area contributed by atoms with Crippen LogP contribution in [-0.4, -0.2) is 0 Å². The molecule has 11 aromatic rings. The fourth-order valence-corrected chi connectivity index (χ4v) is 9.47. The van der Waals surface area contributed by atoms with E-state index in [2.05, 4.69) is 224 Å². The smallest absolute Gasteiger partial charge is 0.159 e. The van der Waals surface area contributed by atoms with Crippen LogP contribution < -0.4 is 9.80 Å². The molecule has 0 spiro atoms. The number of fused-ring (bicyclic) bond motifs is 9. The molecular weight excluding hydrogens is 741 g/mol. The second kappa shape index (κ2) is 13.9. The number of hydrogen-bond donors (Lipinski definition) is 0. The third-order valence-electron chi connectivity index (χ3n) is 12.6. The summed E-state index contributed by atoms with van der Waals surface area (Å²) in [5, 5.41) is 7.12. The van der Waals surface area contributed by atoms with E-state index >= 15 is 0 Å². The summed E-state index contributed by atoms with van der Waals surface area (Å²) in [6.45, 7) is 4.38. The van der Waals surface area contributed by atoms with Gasteiger partial charge in [0.15, 0.2) is 5.58 Å². The molecule has 1 heterocycles. The fraction of sp³-hybridized carbons (Fsp3) is 0.0345. The van der Waals surface area contributed by atoms with Crippen molar-refractivity contribution in [2.75, 3.05) is 9.80 Å². The number of benzene rings is 10. The van der Waals surface area contributed by atoms with E-state index in [0.29, 0.717) is 0 Å². The van der Waals surface area contributed by atoms with E-state index in [1.165, 1.54) is 71.7 Å². The lowest BCUT2D eigenvalue weighted by molar-refractivity contribution is 0.669. The summed E-state index contributed by atoms with van der Waals surface area (Å²) in [7, 11) is 0. The third kappa shape index (κ3) is 5.73. The zero-order chi connectivity index (χ0) is 40.6. The molecule has 0 saturated heterocycles. The molecule has 0 unspecified atom stereocenters. The van der Waals surface area contributed by atoms with Crippen LogP contribution in [0.15, 0.2) is 211 Å². The number of para-hydroxylation sites is 4. The minimum atomic E-state index is 0.884. The van der Waals surface area contributed by atoms with Gasteiger partial charge in [0.2, 0.25) is 0 Å². The first-order chi connectivity index (χ1) is 30.1. The summed E-state index contributed by atoms with van der Waals surface area (Å²) in [5.74, 6) is 0. The van der Waals surface area contributed by atoms with E-state index in [9.17, 15) is 0 Å². The molecule has 12 rings (SSSR count). The van der Waals surface area contributed by atoms with Gasteiger partial charge in [0.05, 0.1) is 5.69 Å². The van der Waals surface area contributed by atoms with Gasteiger partial charge in [-0.2, -0.15) is 0 Å². The molecule has 0 fully saturated rings. The molecule has 1 aromatic heterocycles. The number of rotatable bonds is 7. The Balaban J connectivity index is 0.965. The van der Waals surface area contributed by atoms with Gasteiger partial charge < -0.3 is 14.2 Å². The summed E-state index contributed by atoms with van der Waals surface area (Å²) in [4.78, 5) is 4.76. The van der Waals surface area contributed by atoms with E-state index in [4.69, 9.17) is 4.42 Å². The Morgan fingerprint density at radius 2 is 0.885 bits per heavy atom. The third-order valence-corrected chi connectivity index (χ3v) is 12.6. The summed E-state index contributed by atoms with van der Waals surface area (Å²) in [6, 6.07) is 74.8. The Morgan fingerprint density at radius 1 is 0.328 bits per heavy atom. The fourth-order valence-electron chi connectivity index (χ4n) is 9.47. The van der Waals surface area contributed by atoms with Gasteiger partial charge in [-0.05, 0) is 165 Å². The summed E-state index contributed by atoms with van der Waals surface area (Å²) in [5.41, 5.74) is 18.5. The zero-order valence-electron chi connectivity index (χ0n) is 33.9. The molecule has 288 valence electrons. The molecule has 1 aliphatic carbocycles. The van der Waals surface area contributed by atoms with Gasteiger partial charge in [0.25, 0.3) is 0 Å². The largest absolute Gasteiger partial charge is 0.454 e. The van der Waals surface area contributed by atoms with Crippen molar-refractivity contribution in [3.8, 4) is 33.4 Å². The Labute approximate surface area is 355 Å². The Kier molecular flexibility index (Phi) is 7.98. The van der Waals surface area contributed by atoms with Crippen LogP contribution in [0.3, 0.4) is 0 Å². The highest BCUT2D eigenvalue weighted by Crippen LogP contribution is 2.52. The molecule has 10 aromatic carbocycles. The van der Waals surface area contributed by atoms with Crippen molar-refractivity contribution in [1.82, 2.24) is 0 Å². The van der Waals surface area contributed by atoms with Gasteiger partial charge in [-0.1, -0.05) is 121 Å². The SMILES string of the molecule is Cc1ccc(-c2ccccc2)cc1N(c1ccccc1)c1ccc2cc3c(cc2c1)-c1cc2cc(N(c4ccccc4C)c4cccc5c4oc4ccccc45)ccc2cc1-3. The second-order valence-electron chi connectivity index (χ2n) is 16.3. The molecule has 0 radical (unpaired) electrons. The normalized spacial score (nSPS) is 11.8. The van der Waals surface area contributed by atoms with E-state index in [-0.39, 0.29) is 0 Å². The van der Waals surface area contributed by atoms with Crippen molar-refractivity contribution in [2.45, 2.75) is 13.8 Å². The average Bonchev–Trinajstić information content (AvgIpc) is 3.69. The Hall–Kier alpha value is -7.88. The Bertz CT molecular complexity index is 3510. The topological polar surface area (TPSA) is 19.6 Å². The number of hydrogen-bond acceptors (Lipinski definition) is 3. The van der Waals surface area contributed by atoms with Crippen LogP contribution in [-0.2, 0) is 0 Å². The lowest BCUT2D eigenvalue weighted by Crippen LogP contribution is -2.11. The van der Waals surface area contributed by atoms with Gasteiger partial charge >= 0.3 is 0 Å². The molecule has 3 heteroatoms. The molecule has 3 nitrogen and oxygen atoms in total. The molecule has 0 saturated carbocycles.